The molecule has 3 atom stereocenters. The molecule has 5 heterocycles. The van der Waals surface area contributed by atoms with Gasteiger partial charge in [0.2, 0.25) is 0 Å². The van der Waals surface area contributed by atoms with Gasteiger partial charge in [-0.2, -0.15) is 0 Å². The minimum absolute atomic E-state index is 0.0488. The molecule has 2 N–H and O–H groups in total. The van der Waals surface area contributed by atoms with Crippen molar-refractivity contribution in [2.24, 2.45) is 4.99 Å². The monoisotopic (exact) mass is 865 g/mol. The maximum absolute atomic E-state index is 14.5. The van der Waals surface area contributed by atoms with Crippen LogP contribution >= 0.6 is 11.3 Å². The molecule has 2 aromatic heterocycles. The second-order valence-electron chi connectivity index (χ2n) is 18.1. The summed E-state index contributed by atoms with van der Waals surface area (Å²) in [6, 6.07) is 27.9. The molecule has 0 saturated carbocycles. The van der Waals surface area contributed by atoms with Crippen LogP contribution in [0.15, 0.2) is 89.9 Å². The van der Waals surface area contributed by atoms with Gasteiger partial charge in [-0.25, -0.2) is 4.39 Å². The number of piperidine rings is 1. The molecule has 2 fully saturated rings. The molecule has 3 aliphatic heterocycles. The number of phenols is 1. The van der Waals surface area contributed by atoms with Gasteiger partial charge in [0.05, 0.1) is 18.4 Å². The van der Waals surface area contributed by atoms with Crippen LogP contribution in [0.25, 0.3) is 5.00 Å². The number of aryl methyl sites for hydroxylation is 3. The van der Waals surface area contributed by atoms with Crippen molar-refractivity contribution in [1.82, 2.24) is 19.7 Å². The highest BCUT2D eigenvalue weighted by Crippen LogP contribution is 2.50. The number of aliphatic hydroxyl groups is 1. The highest BCUT2D eigenvalue weighted by atomic mass is 32.1. The van der Waals surface area contributed by atoms with Crippen LogP contribution in [-0.2, 0) is 6.42 Å². The fourth-order valence-corrected chi connectivity index (χ4v) is 11.9. The largest absolute Gasteiger partial charge is 0.508 e. The first-order valence-corrected chi connectivity index (χ1v) is 23.2. The fraction of sp³-hybridized carbons (Fsp3) is 0.392. The Balaban J connectivity index is 0.782. The summed E-state index contributed by atoms with van der Waals surface area (Å²) in [6.07, 6.45) is 3.09. The van der Waals surface area contributed by atoms with Crippen molar-refractivity contribution < 1.29 is 19.3 Å². The summed E-state index contributed by atoms with van der Waals surface area (Å²) in [5.41, 5.74) is 10.4. The lowest BCUT2D eigenvalue weighted by Crippen LogP contribution is -2.55. The Morgan fingerprint density at radius 3 is 2.32 bits per heavy atom. The quantitative estimate of drug-likeness (QED) is 0.156. The number of fused-ring (bicyclic) bond motifs is 4. The number of thiophene rings is 1. The SMILES string of the molecule is COc1cc(N2CCN(CC3(O)CCN(c4ccc(C5=N[C@@H](C)c6nnc(C)n6-c6sc(C)c(C)c65)cc4)CC3)CC2)ccc1[C@H]1c2ccc(O)cc2CC[C@H]1c1cccc(F)c1. The van der Waals surface area contributed by atoms with Gasteiger partial charge in [-0.3, -0.25) is 14.5 Å². The molecule has 0 amide bonds. The van der Waals surface area contributed by atoms with Crippen molar-refractivity contribution in [3.63, 3.8) is 0 Å². The van der Waals surface area contributed by atoms with E-state index in [0.717, 1.165) is 114 Å². The molecule has 10 rings (SSSR count). The molecule has 4 aromatic carbocycles. The summed E-state index contributed by atoms with van der Waals surface area (Å²) in [4.78, 5) is 13.7. The van der Waals surface area contributed by atoms with Crippen molar-refractivity contribution in [1.29, 1.82) is 0 Å². The van der Waals surface area contributed by atoms with Crippen molar-refractivity contribution in [2.45, 2.75) is 76.9 Å². The van der Waals surface area contributed by atoms with E-state index in [1.165, 1.54) is 27.8 Å². The third kappa shape index (κ3) is 7.69. The number of halogens is 1. The number of methoxy groups -OCH3 is 1. The van der Waals surface area contributed by atoms with Crippen LogP contribution in [-0.4, -0.2) is 94.1 Å². The van der Waals surface area contributed by atoms with Gasteiger partial charge in [-0.1, -0.05) is 36.4 Å². The van der Waals surface area contributed by atoms with Gasteiger partial charge < -0.3 is 24.7 Å². The lowest BCUT2D eigenvalue weighted by Gasteiger charge is -2.44. The van der Waals surface area contributed by atoms with Crippen molar-refractivity contribution in [3.8, 4) is 16.5 Å². The van der Waals surface area contributed by atoms with Crippen LogP contribution in [0.1, 0.15) is 99.5 Å². The Hall–Kier alpha value is -5.56. The molecular weight excluding hydrogens is 810 g/mol. The highest BCUT2D eigenvalue weighted by Gasteiger charge is 2.37. The van der Waals surface area contributed by atoms with E-state index in [4.69, 9.17) is 9.73 Å². The first kappa shape index (κ1) is 41.5. The summed E-state index contributed by atoms with van der Waals surface area (Å²) in [5, 5.41) is 32.3. The van der Waals surface area contributed by atoms with Gasteiger partial charge in [0.15, 0.2) is 5.82 Å². The number of aromatic nitrogens is 3. The number of aromatic hydroxyl groups is 1. The van der Waals surface area contributed by atoms with Crippen molar-refractivity contribution >= 4 is 28.4 Å². The van der Waals surface area contributed by atoms with E-state index in [2.05, 4.69) is 92.7 Å². The first-order chi connectivity index (χ1) is 30.5. The van der Waals surface area contributed by atoms with E-state index in [-0.39, 0.29) is 29.4 Å². The van der Waals surface area contributed by atoms with Gasteiger partial charge in [-0.15, -0.1) is 21.5 Å². The molecule has 0 unspecified atom stereocenters. The maximum Gasteiger partial charge on any atom is 0.162 e. The van der Waals surface area contributed by atoms with Crippen LogP contribution in [0.3, 0.4) is 0 Å². The zero-order valence-electron chi connectivity index (χ0n) is 36.8. The number of piperazine rings is 1. The molecule has 4 aliphatic rings. The number of benzene rings is 4. The van der Waals surface area contributed by atoms with E-state index in [0.29, 0.717) is 19.4 Å². The van der Waals surface area contributed by atoms with Gasteiger partial charge in [-0.05, 0) is 124 Å². The average Bonchev–Trinajstić information content (AvgIpc) is 3.78. The zero-order chi connectivity index (χ0) is 43.6. The normalized spacial score (nSPS) is 21.0. The number of hydrogen-bond acceptors (Lipinski definition) is 10. The highest BCUT2D eigenvalue weighted by molar-refractivity contribution is 7.15. The first-order valence-electron chi connectivity index (χ1n) is 22.4. The second-order valence-corrected chi connectivity index (χ2v) is 19.3. The number of aliphatic imine (C=N–C) groups is 1. The molecule has 6 aromatic rings. The molecule has 63 heavy (non-hydrogen) atoms. The smallest absolute Gasteiger partial charge is 0.162 e. The third-order valence-electron chi connectivity index (χ3n) is 14.2. The number of anilines is 2. The van der Waals surface area contributed by atoms with Crippen molar-refractivity contribution in [3.05, 3.63) is 146 Å². The van der Waals surface area contributed by atoms with Crippen LogP contribution in [0.4, 0.5) is 15.8 Å². The number of nitrogens with zero attached hydrogens (tertiary/aromatic N) is 7. The Labute approximate surface area is 373 Å². The molecular formula is C51H56FN7O3S. The van der Waals surface area contributed by atoms with Gasteiger partial charge in [0, 0.05) is 90.7 Å². The van der Waals surface area contributed by atoms with E-state index < -0.39 is 5.60 Å². The summed E-state index contributed by atoms with van der Waals surface area (Å²) in [7, 11) is 1.73. The van der Waals surface area contributed by atoms with E-state index >= 15 is 0 Å². The minimum Gasteiger partial charge on any atom is -0.508 e. The maximum atomic E-state index is 14.5. The number of β-amino-alcohol motifs (C(OH)–C–C–N with tert-alkyl or cyclic N) is 1. The molecule has 10 nitrogen and oxygen atoms in total. The number of rotatable bonds is 8. The molecule has 0 spiro atoms. The molecule has 2 saturated heterocycles. The Bertz CT molecular complexity index is 2690. The predicted molar refractivity (Wildman–Crippen MR) is 249 cm³/mol. The molecule has 12 heteroatoms. The van der Waals surface area contributed by atoms with E-state index in [1.807, 2.05) is 25.1 Å². The lowest BCUT2D eigenvalue weighted by atomic mass is 9.69. The van der Waals surface area contributed by atoms with Gasteiger partial charge >= 0.3 is 0 Å². The van der Waals surface area contributed by atoms with Gasteiger partial charge in [0.25, 0.3) is 0 Å². The summed E-state index contributed by atoms with van der Waals surface area (Å²) >= 11 is 1.78. The van der Waals surface area contributed by atoms with Gasteiger partial charge in [0.1, 0.15) is 34.2 Å². The third-order valence-corrected chi connectivity index (χ3v) is 15.4. The lowest BCUT2D eigenvalue weighted by molar-refractivity contribution is -0.0173. The summed E-state index contributed by atoms with van der Waals surface area (Å²) in [6.45, 7) is 14.2. The summed E-state index contributed by atoms with van der Waals surface area (Å²) < 4.78 is 22.8. The number of hydrogen-bond donors (Lipinski definition) is 2. The fourth-order valence-electron chi connectivity index (χ4n) is 10.7. The van der Waals surface area contributed by atoms with Crippen LogP contribution in [0.5, 0.6) is 11.5 Å². The average molecular weight is 866 g/mol. The second kappa shape index (κ2) is 16.5. The summed E-state index contributed by atoms with van der Waals surface area (Å²) in [5.74, 6) is 2.62. The van der Waals surface area contributed by atoms with Crippen molar-refractivity contribution in [2.75, 3.05) is 62.7 Å². The Morgan fingerprint density at radius 2 is 1.57 bits per heavy atom. The zero-order valence-corrected chi connectivity index (χ0v) is 37.6. The number of ether oxygens (including phenoxy) is 1. The molecule has 0 bridgehead atoms. The van der Waals surface area contributed by atoms with E-state index in [9.17, 15) is 14.6 Å². The minimum atomic E-state index is -0.734. The van der Waals surface area contributed by atoms with Crippen LogP contribution in [0, 0.1) is 26.6 Å². The molecule has 1 aliphatic carbocycles. The molecule has 326 valence electrons. The molecule has 0 radical (unpaired) electrons. The van der Waals surface area contributed by atoms with Crippen LogP contribution in [0.2, 0.25) is 0 Å². The van der Waals surface area contributed by atoms with E-state index in [1.54, 1.807) is 36.6 Å². The standard InChI is InChI=1S/C51H56FN7O3S/c1-31-33(3)63-50-46(31)48(53-32(2)49-55-54-34(4)59(49)50)35-9-12-39(13-10-35)57-21-19-51(61,20-22-57)30-56-23-25-58(26-24-56)40-14-17-44(45(29-40)62-5)47-42(36-7-6-8-38(52)27-36)16-11-37-28-41(60)15-18-43(37)47/h6-10,12-15,17-18,27-29,32,42,47,60-61H,11,16,19-26,30H2,1-5H3/t32-,42-,47+/m0/s1. The Kier molecular flexibility index (Phi) is 10.9. The Morgan fingerprint density at radius 1 is 0.841 bits per heavy atom. The topological polar surface area (TPSA) is 102 Å². The van der Waals surface area contributed by atoms with Crippen LogP contribution < -0.4 is 14.5 Å². The number of phenolic OH excluding ortho intramolecular Hbond substituents is 1. The predicted octanol–water partition coefficient (Wildman–Crippen LogP) is 9.03.